The van der Waals surface area contributed by atoms with Crippen LogP contribution in [0.15, 0.2) is 30.9 Å². The van der Waals surface area contributed by atoms with Crippen molar-refractivity contribution in [3.05, 3.63) is 42.0 Å². The molecule has 0 aliphatic rings. The van der Waals surface area contributed by atoms with Gasteiger partial charge in [-0.15, -0.1) is 6.58 Å². The van der Waals surface area contributed by atoms with Crippen LogP contribution >= 0.6 is 0 Å². The van der Waals surface area contributed by atoms with E-state index >= 15 is 0 Å². The zero-order chi connectivity index (χ0) is 13.5. The van der Waals surface area contributed by atoms with Gasteiger partial charge in [0.25, 0.3) is 0 Å². The van der Waals surface area contributed by atoms with E-state index in [0.717, 1.165) is 0 Å². The SMILES string of the molecule is C=CCc1cc(C(=O)O)ccc1OCCC(=O)O. The third kappa shape index (κ3) is 3.93. The topological polar surface area (TPSA) is 83.8 Å². The first-order valence-corrected chi connectivity index (χ1v) is 5.36. The van der Waals surface area contributed by atoms with E-state index < -0.39 is 11.9 Å². The van der Waals surface area contributed by atoms with E-state index in [1.165, 1.54) is 18.2 Å². The number of aliphatic carboxylic acids is 1. The van der Waals surface area contributed by atoms with Crippen molar-refractivity contribution < 1.29 is 24.5 Å². The number of benzene rings is 1. The lowest BCUT2D eigenvalue weighted by Crippen LogP contribution is -2.07. The van der Waals surface area contributed by atoms with Crippen molar-refractivity contribution in [2.75, 3.05) is 6.61 Å². The van der Waals surface area contributed by atoms with Crippen LogP contribution in [0.25, 0.3) is 0 Å². The van der Waals surface area contributed by atoms with E-state index in [1.54, 1.807) is 6.08 Å². The second kappa shape index (κ2) is 6.44. The largest absolute Gasteiger partial charge is 0.493 e. The molecule has 5 heteroatoms. The van der Waals surface area contributed by atoms with Crippen molar-refractivity contribution in [2.24, 2.45) is 0 Å². The van der Waals surface area contributed by atoms with Gasteiger partial charge in [0.05, 0.1) is 18.6 Å². The molecule has 0 saturated carbocycles. The number of carbonyl (C=O) groups is 2. The third-order valence-corrected chi connectivity index (χ3v) is 2.25. The summed E-state index contributed by atoms with van der Waals surface area (Å²) in [5, 5.41) is 17.4. The summed E-state index contributed by atoms with van der Waals surface area (Å²) in [5.74, 6) is -1.47. The molecular formula is C13H14O5. The Morgan fingerprint density at radius 1 is 1.33 bits per heavy atom. The Kier molecular flexibility index (Phi) is 4.92. The summed E-state index contributed by atoms with van der Waals surface area (Å²) >= 11 is 0. The quantitative estimate of drug-likeness (QED) is 0.723. The van der Waals surface area contributed by atoms with Crippen molar-refractivity contribution >= 4 is 11.9 Å². The number of aromatic carboxylic acids is 1. The molecule has 2 N–H and O–H groups in total. The molecule has 0 aliphatic carbocycles. The van der Waals surface area contributed by atoms with E-state index in [1.807, 2.05) is 0 Å². The minimum absolute atomic E-state index is 0.0475. The van der Waals surface area contributed by atoms with Crippen molar-refractivity contribution in [3.8, 4) is 5.75 Å². The van der Waals surface area contributed by atoms with Crippen LogP contribution in [0, 0.1) is 0 Å². The molecule has 96 valence electrons. The molecule has 5 nitrogen and oxygen atoms in total. The fourth-order valence-corrected chi connectivity index (χ4v) is 1.42. The molecule has 1 rings (SSSR count). The standard InChI is InChI=1S/C13H14O5/c1-2-3-9-8-10(13(16)17)4-5-11(9)18-7-6-12(14)15/h2,4-5,8H,1,3,6-7H2,(H,14,15)(H,16,17). The summed E-state index contributed by atoms with van der Waals surface area (Å²) in [6, 6.07) is 4.45. The predicted octanol–water partition coefficient (Wildman–Crippen LogP) is 1.97. The Labute approximate surface area is 104 Å². The summed E-state index contributed by atoms with van der Waals surface area (Å²) in [5.41, 5.74) is 0.840. The Bertz CT molecular complexity index is 464. The molecule has 0 fully saturated rings. The van der Waals surface area contributed by atoms with E-state index in [2.05, 4.69) is 6.58 Å². The van der Waals surface area contributed by atoms with E-state index in [4.69, 9.17) is 14.9 Å². The first-order valence-electron chi connectivity index (χ1n) is 5.36. The molecule has 1 aromatic rings. The first kappa shape index (κ1) is 13.8. The average Bonchev–Trinajstić information content (AvgIpc) is 2.30. The summed E-state index contributed by atoms with van der Waals surface area (Å²) in [4.78, 5) is 21.2. The highest BCUT2D eigenvalue weighted by Gasteiger charge is 2.09. The van der Waals surface area contributed by atoms with Crippen LogP contribution in [-0.4, -0.2) is 28.8 Å². The number of allylic oxidation sites excluding steroid dienone is 1. The van der Waals surface area contributed by atoms with Gasteiger partial charge in [-0.25, -0.2) is 4.79 Å². The van der Waals surface area contributed by atoms with E-state index in [9.17, 15) is 9.59 Å². The highest BCUT2D eigenvalue weighted by Crippen LogP contribution is 2.21. The number of rotatable bonds is 7. The number of hydrogen-bond acceptors (Lipinski definition) is 3. The number of ether oxygens (including phenoxy) is 1. The summed E-state index contributed by atoms with van der Waals surface area (Å²) in [6.45, 7) is 3.63. The predicted molar refractivity (Wildman–Crippen MR) is 65.1 cm³/mol. The minimum atomic E-state index is -1.02. The molecule has 0 amide bonds. The van der Waals surface area contributed by atoms with Crippen LogP contribution in [0.3, 0.4) is 0 Å². The van der Waals surface area contributed by atoms with Crippen LogP contribution < -0.4 is 4.74 Å². The van der Waals surface area contributed by atoms with E-state index in [0.29, 0.717) is 17.7 Å². The van der Waals surface area contributed by atoms with Crippen molar-refractivity contribution in [3.63, 3.8) is 0 Å². The molecule has 0 aliphatic heterocycles. The Balaban J connectivity index is 2.85. The molecule has 0 bridgehead atoms. The molecule has 0 spiro atoms. The lowest BCUT2D eigenvalue weighted by molar-refractivity contribution is -0.137. The maximum absolute atomic E-state index is 10.8. The molecule has 0 saturated heterocycles. The molecule has 0 radical (unpaired) electrons. The van der Waals surface area contributed by atoms with Gasteiger partial charge in [-0.3, -0.25) is 4.79 Å². The lowest BCUT2D eigenvalue weighted by Gasteiger charge is -2.10. The molecular weight excluding hydrogens is 236 g/mol. The smallest absolute Gasteiger partial charge is 0.335 e. The number of carboxylic acids is 2. The second-order valence-corrected chi connectivity index (χ2v) is 3.61. The lowest BCUT2D eigenvalue weighted by atomic mass is 10.1. The fraction of sp³-hybridized carbons (Fsp3) is 0.231. The number of hydrogen-bond donors (Lipinski definition) is 2. The minimum Gasteiger partial charge on any atom is -0.493 e. The van der Waals surface area contributed by atoms with Gasteiger partial charge in [0.2, 0.25) is 0 Å². The maximum Gasteiger partial charge on any atom is 0.335 e. The Hall–Kier alpha value is -2.30. The van der Waals surface area contributed by atoms with Crippen molar-refractivity contribution in [1.29, 1.82) is 0 Å². The van der Waals surface area contributed by atoms with Crippen LogP contribution in [0.4, 0.5) is 0 Å². The van der Waals surface area contributed by atoms with Crippen LogP contribution in [-0.2, 0) is 11.2 Å². The van der Waals surface area contributed by atoms with Gasteiger partial charge in [-0.1, -0.05) is 6.08 Å². The van der Waals surface area contributed by atoms with Crippen LogP contribution in [0.2, 0.25) is 0 Å². The van der Waals surface area contributed by atoms with Gasteiger partial charge in [-0.2, -0.15) is 0 Å². The van der Waals surface area contributed by atoms with Gasteiger partial charge < -0.3 is 14.9 Å². The van der Waals surface area contributed by atoms with Crippen molar-refractivity contribution in [2.45, 2.75) is 12.8 Å². The zero-order valence-electron chi connectivity index (χ0n) is 9.76. The third-order valence-electron chi connectivity index (χ3n) is 2.25. The molecule has 0 heterocycles. The molecule has 0 atom stereocenters. The van der Waals surface area contributed by atoms with E-state index in [-0.39, 0.29) is 18.6 Å². The summed E-state index contributed by atoms with van der Waals surface area (Å²) < 4.78 is 5.31. The van der Waals surface area contributed by atoms with Crippen molar-refractivity contribution in [1.82, 2.24) is 0 Å². The van der Waals surface area contributed by atoms with Gasteiger partial charge in [0, 0.05) is 0 Å². The summed E-state index contributed by atoms with van der Waals surface area (Å²) in [7, 11) is 0. The first-order chi connectivity index (χ1) is 8.54. The summed E-state index contributed by atoms with van der Waals surface area (Å²) in [6.07, 6.45) is 1.99. The normalized spacial score (nSPS) is 9.78. The van der Waals surface area contributed by atoms with Gasteiger partial charge in [0.1, 0.15) is 5.75 Å². The fourth-order valence-electron chi connectivity index (χ4n) is 1.42. The highest BCUT2D eigenvalue weighted by atomic mass is 16.5. The van der Waals surface area contributed by atoms with Gasteiger partial charge in [-0.05, 0) is 30.2 Å². The molecule has 18 heavy (non-hydrogen) atoms. The highest BCUT2D eigenvalue weighted by molar-refractivity contribution is 5.88. The second-order valence-electron chi connectivity index (χ2n) is 3.61. The van der Waals surface area contributed by atoms with Gasteiger partial charge >= 0.3 is 11.9 Å². The van der Waals surface area contributed by atoms with Crippen LogP contribution in [0.5, 0.6) is 5.75 Å². The monoisotopic (exact) mass is 250 g/mol. The molecule has 0 unspecified atom stereocenters. The number of carboxylic acid groups (broad SMARTS) is 2. The molecule has 0 aromatic heterocycles. The Morgan fingerprint density at radius 2 is 2.06 bits per heavy atom. The maximum atomic E-state index is 10.8. The van der Waals surface area contributed by atoms with Crippen LogP contribution in [0.1, 0.15) is 22.3 Å². The molecule has 1 aromatic carbocycles. The zero-order valence-corrected chi connectivity index (χ0v) is 9.76. The average molecular weight is 250 g/mol. The van der Waals surface area contributed by atoms with Gasteiger partial charge in [0.15, 0.2) is 0 Å². The Morgan fingerprint density at radius 3 is 2.61 bits per heavy atom.